The van der Waals surface area contributed by atoms with E-state index in [-0.39, 0.29) is 23.8 Å². The molecule has 2 rings (SSSR count). The summed E-state index contributed by atoms with van der Waals surface area (Å²) in [4.78, 5) is 35.4. The number of hydrogen-bond donors (Lipinski definition) is 1. The number of rotatable bonds is 8. The van der Waals surface area contributed by atoms with E-state index in [1.165, 1.54) is 26.2 Å². The molecule has 0 aliphatic heterocycles. The summed E-state index contributed by atoms with van der Waals surface area (Å²) >= 11 is 0. The molecular weight excluding hydrogens is 399 g/mol. The lowest BCUT2D eigenvalue weighted by atomic mass is 10.1. The van der Waals surface area contributed by atoms with Crippen molar-refractivity contribution < 1.29 is 33.1 Å². The van der Waals surface area contributed by atoms with Crippen LogP contribution in [-0.2, 0) is 9.53 Å². The number of esters is 1. The summed E-state index contributed by atoms with van der Waals surface area (Å²) in [6, 6.07) is 6.28. The van der Waals surface area contributed by atoms with Crippen LogP contribution in [0.4, 0.5) is 15.8 Å². The van der Waals surface area contributed by atoms with Gasteiger partial charge in [0, 0.05) is 11.8 Å². The largest absolute Gasteiger partial charge is 0.493 e. The van der Waals surface area contributed by atoms with Crippen LogP contribution in [0, 0.1) is 22.9 Å². The number of ether oxygens (including phenoxy) is 3. The van der Waals surface area contributed by atoms with Crippen molar-refractivity contribution in [1.29, 1.82) is 0 Å². The summed E-state index contributed by atoms with van der Waals surface area (Å²) in [6.45, 7) is 4.79. The van der Waals surface area contributed by atoms with Gasteiger partial charge in [-0.1, -0.05) is 6.07 Å². The van der Waals surface area contributed by atoms with Crippen molar-refractivity contribution in [3.63, 3.8) is 0 Å². The lowest BCUT2D eigenvalue weighted by molar-refractivity contribution is -0.385. The molecule has 1 atom stereocenters. The molecule has 0 unspecified atom stereocenters. The number of nitrogens with one attached hydrogen (secondary N) is 1. The molecule has 30 heavy (non-hydrogen) atoms. The van der Waals surface area contributed by atoms with Crippen molar-refractivity contribution in [2.24, 2.45) is 0 Å². The van der Waals surface area contributed by atoms with Crippen LogP contribution in [0.15, 0.2) is 30.3 Å². The minimum Gasteiger partial charge on any atom is -0.493 e. The van der Waals surface area contributed by atoms with Gasteiger partial charge in [-0.3, -0.25) is 14.9 Å². The molecule has 0 bridgehead atoms. The van der Waals surface area contributed by atoms with Crippen LogP contribution in [-0.4, -0.2) is 36.6 Å². The highest BCUT2D eigenvalue weighted by atomic mass is 19.1. The van der Waals surface area contributed by atoms with Gasteiger partial charge in [0.15, 0.2) is 17.6 Å². The molecule has 0 aromatic heterocycles. The van der Waals surface area contributed by atoms with Gasteiger partial charge in [0.25, 0.3) is 11.6 Å². The molecule has 2 aromatic rings. The maximum Gasteiger partial charge on any atom is 0.346 e. The third-order valence-corrected chi connectivity index (χ3v) is 4.09. The van der Waals surface area contributed by atoms with Crippen molar-refractivity contribution in [3.8, 4) is 11.5 Å². The zero-order valence-electron chi connectivity index (χ0n) is 16.9. The van der Waals surface area contributed by atoms with Gasteiger partial charge in [-0.15, -0.1) is 0 Å². The Kier molecular flexibility index (Phi) is 7.29. The first kappa shape index (κ1) is 22.6. The SMILES string of the molecule is CCOc1cc(C(=O)O[C@H](C)C(=O)Nc2ccc(C)c(F)c2)c([N+](=O)[O-])cc1OC. The first-order valence-corrected chi connectivity index (χ1v) is 8.95. The monoisotopic (exact) mass is 420 g/mol. The highest BCUT2D eigenvalue weighted by molar-refractivity contribution is 5.99. The van der Waals surface area contributed by atoms with E-state index >= 15 is 0 Å². The van der Waals surface area contributed by atoms with Gasteiger partial charge in [0.2, 0.25) is 0 Å². The maximum atomic E-state index is 13.6. The van der Waals surface area contributed by atoms with Crippen LogP contribution in [0.1, 0.15) is 29.8 Å². The number of benzene rings is 2. The number of amides is 1. The van der Waals surface area contributed by atoms with E-state index in [1.54, 1.807) is 13.8 Å². The minimum absolute atomic E-state index is 0.0762. The second kappa shape index (κ2) is 9.68. The lowest BCUT2D eigenvalue weighted by Gasteiger charge is -2.15. The van der Waals surface area contributed by atoms with Gasteiger partial charge in [-0.05, 0) is 38.5 Å². The normalized spacial score (nSPS) is 11.4. The van der Waals surface area contributed by atoms with Gasteiger partial charge in [-0.25, -0.2) is 9.18 Å². The van der Waals surface area contributed by atoms with E-state index in [0.29, 0.717) is 5.56 Å². The molecule has 0 saturated heterocycles. The Bertz CT molecular complexity index is 978. The third kappa shape index (κ3) is 5.22. The van der Waals surface area contributed by atoms with Crippen molar-refractivity contribution in [2.75, 3.05) is 19.0 Å². The predicted octanol–water partition coefficient (Wildman–Crippen LogP) is 3.63. The zero-order valence-corrected chi connectivity index (χ0v) is 16.9. The van der Waals surface area contributed by atoms with Crippen LogP contribution >= 0.6 is 0 Å². The average molecular weight is 420 g/mol. The van der Waals surface area contributed by atoms with Crippen LogP contribution in [0.3, 0.4) is 0 Å². The second-order valence-corrected chi connectivity index (χ2v) is 6.21. The van der Waals surface area contributed by atoms with Gasteiger partial charge in [-0.2, -0.15) is 0 Å². The minimum atomic E-state index is -1.31. The van der Waals surface area contributed by atoms with E-state index in [0.717, 1.165) is 18.2 Å². The lowest BCUT2D eigenvalue weighted by Crippen LogP contribution is -2.30. The fraction of sp³-hybridized carbons (Fsp3) is 0.300. The van der Waals surface area contributed by atoms with Crippen molar-refractivity contribution in [3.05, 3.63) is 57.4 Å². The fourth-order valence-corrected chi connectivity index (χ4v) is 2.48. The number of carbonyl (C=O) groups excluding carboxylic acids is 2. The number of carbonyl (C=O) groups is 2. The van der Waals surface area contributed by atoms with Crippen LogP contribution in [0.5, 0.6) is 11.5 Å². The van der Waals surface area contributed by atoms with Crippen molar-refractivity contribution in [2.45, 2.75) is 26.9 Å². The number of nitro groups is 1. The highest BCUT2D eigenvalue weighted by Gasteiger charge is 2.28. The summed E-state index contributed by atoms with van der Waals surface area (Å²) in [5.74, 6) is -2.14. The number of nitrogens with zero attached hydrogens (tertiary/aromatic N) is 1. The maximum absolute atomic E-state index is 13.6. The average Bonchev–Trinajstić information content (AvgIpc) is 2.70. The van der Waals surface area contributed by atoms with Crippen LogP contribution in [0.2, 0.25) is 0 Å². The summed E-state index contributed by atoms with van der Waals surface area (Å²) in [6.07, 6.45) is -1.31. The molecule has 0 aliphatic carbocycles. The standard InChI is InChI=1S/C20H21FN2O7/c1-5-29-18-9-14(16(23(26)27)10-17(18)28-4)20(25)30-12(3)19(24)22-13-7-6-11(2)15(21)8-13/h6-10,12H,5H2,1-4H3,(H,22,24)/t12-/m1/s1. The molecule has 9 nitrogen and oxygen atoms in total. The van der Waals surface area contributed by atoms with E-state index in [1.807, 2.05) is 0 Å². The van der Waals surface area contributed by atoms with E-state index in [9.17, 15) is 24.1 Å². The van der Waals surface area contributed by atoms with Gasteiger partial charge in [0.05, 0.1) is 24.7 Å². The van der Waals surface area contributed by atoms with Crippen LogP contribution < -0.4 is 14.8 Å². The molecule has 0 radical (unpaired) electrons. The van der Waals surface area contributed by atoms with Gasteiger partial charge in [0.1, 0.15) is 11.4 Å². The van der Waals surface area contributed by atoms with E-state index in [2.05, 4.69) is 5.32 Å². The number of methoxy groups -OCH3 is 1. The first-order valence-electron chi connectivity index (χ1n) is 8.95. The predicted molar refractivity (Wildman–Crippen MR) is 105 cm³/mol. The Morgan fingerprint density at radius 1 is 1.23 bits per heavy atom. The summed E-state index contributed by atoms with van der Waals surface area (Å²) in [5.41, 5.74) is -0.372. The Balaban J connectivity index is 2.22. The third-order valence-electron chi connectivity index (χ3n) is 4.09. The van der Waals surface area contributed by atoms with E-state index in [4.69, 9.17) is 14.2 Å². The molecule has 2 aromatic carbocycles. The molecule has 0 heterocycles. The smallest absolute Gasteiger partial charge is 0.346 e. The molecule has 0 fully saturated rings. The topological polar surface area (TPSA) is 117 Å². The Labute approximate surface area is 171 Å². The van der Waals surface area contributed by atoms with Crippen molar-refractivity contribution >= 4 is 23.3 Å². The Morgan fingerprint density at radius 3 is 2.50 bits per heavy atom. The first-order chi connectivity index (χ1) is 14.2. The van der Waals surface area contributed by atoms with Crippen LogP contribution in [0.25, 0.3) is 0 Å². The molecule has 0 spiro atoms. The number of hydrogen-bond acceptors (Lipinski definition) is 7. The molecule has 1 N–H and O–H groups in total. The molecule has 1 amide bonds. The second-order valence-electron chi connectivity index (χ2n) is 6.21. The Hall–Kier alpha value is -3.69. The van der Waals surface area contributed by atoms with Gasteiger partial charge < -0.3 is 19.5 Å². The van der Waals surface area contributed by atoms with Crippen molar-refractivity contribution in [1.82, 2.24) is 0 Å². The highest BCUT2D eigenvalue weighted by Crippen LogP contribution is 2.35. The number of nitro benzene ring substituents is 1. The zero-order chi connectivity index (χ0) is 22.4. The molecule has 10 heteroatoms. The van der Waals surface area contributed by atoms with Gasteiger partial charge >= 0.3 is 5.97 Å². The molecular formula is C20H21FN2O7. The Morgan fingerprint density at radius 2 is 1.93 bits per heavy atom. The number of anilines is 1. The fourth-order valence-electron chi connectivity index (χ4n) is 2.48. The molecule has 0 aliphatic rings. The van der Waals surface area contributed by atoms with E-state index < -0.39 is 40.0 Å². The number of halogens is 1. The summed E-state index contributed by atoms with van der Waals surface area (Å²) < 4.78 is 29.1. The summed E-state index contributed by atoms with van der Waals surface area (Å²) in [5, 5.41) is 13.8. The summed E-state index contributed by atoms with van der Waals surface area (Å²) in [7, 11) is 1.31. The quantitative estimate of drug-likeness (QED) is 0.394. The number of aryl methyl sites for hydroxylation is 1. The molecule has 160 valence electrons. The molecule has 0 saturated carbocycles.